The summed E-state index contributed by atoms with van der Waals surface area (Å²) in [4.78, 5) is 11.1. The molecule has 4 heteroatoms. The molecule has 0 bridgehead atoms. The molecule has 12 heavy (non-hydrogen) atoms. The second kappa shape index (κ2) is 4.15. The van der Waals surface area contributed by atoms with E-state index >= 15 is 0 Å². The van der Waals surface area contributed by atoms with Crippen LogP contribution in [0.2, 0.25) is 0 Å². The molecular formula is C8H7AlO3. The zero-order valence-electron chi connectivity index (χ0n) is 6.61. The van der Waals surface area contributed by atoms with Gasteiger partial charge in [0.1, 0.15) is 0 Å². The first kappa shape index (κ1) is 9.11. The number of ether oxygens (including phenoxy) is 1. The molecule has 0 saturated carbocycles. The van der Waals surface area contributed by atoms with Crippen LogP contribution in [0.1, 0.15) is 10.4 Å². The van der Waals surface area contributed by atoms with Gasteiger partial charge in [-0.3, -0.25) is 0 Å². The third-order valence-electron chi connectivity index (χ3n) is 1.42. The molecule has 1 aromatic carbocycles. The molecule has 0 aromatic heterocycles. The highest BCUT2D eigenvalue weighted by Crippen LogP contribution is 2.17. The van der Waals surface area contributed by atoms with Crippen molar-refractivity contribution in [2.75, 3.05) is 7.11 Å². The van der Waals surface area contributed by atoms with E-state index in [9.17, 15) is 4.79 Å². The van der Waals surface area contributed by atoms with Crippen LogP contribution in [-0.2, 0) is 4.74 Å². The van der Waals surface area contributed by atoms with Crippen molar-refractivity contribution in [3.8, 4) is 5.75 Å². The monoisotopic (exact) mass is 178 g/mol. The molecule has 0 saturated heterocycles. The Morgan fingerprint density at radius 1 is 1.42 bits per heavy atom. The molecule has 0 aliphatic rings. The third kappa shape index (κ3) is 1.79. The number of hydrogen-bond acceptors (Lipinski definition) is 3. The largest absolute Gasteiger partial charge is 0.653 e. The highest BCUT2D eigenvalue weighted by atomic mass is 27.1. The summed E-state index contributed by atoms with van der Waals surface area (Å²) in [5, 5.41) is 0. The molecular weight excluding hydrogens is 171 g/mol. The van der Waals surface area contributed by atoms with Crippen molar-refractivity contribution in [2.45, 2.75) is 0 Å². The second-order valence-electron chi connectivity index (χ2n) is 2.11. The second-order valence-corrected chi connectivity index (χ2v) is 2.34. The number of esters is 1. The standard InChI is InChI=1S/C8H8O3.Al/c1-11-8(10)6-4-2-3-5-7(6)9;/h2-5,9H,1H3;/q;+1/p-1. The van der Waals surface area contributed by atoms with Crippen LogP contribution in [0.5, 0.6) is 5.75 Å². The first-order chi connectivity index (χ1) is 5.79. The molecule has 0 amide bonds. The van der Waals surface area contributed by atoms with Gasteiger partial charge in [-0.25, -0.2) is 4.79 Å². The summed E-state index contributed by atoms with van der Waals surface area (Å²) in [5.41, 5.74) is 0.426. The molecule has 3 nitrogen and oxygen atoms in total. The highest BCUT2D eigenvalue weighted by molar-refractivity contribution is 6.02. The number of rotatable bonds is 2. The highest BCUT2D eigenvalue weighted by Gasteiger charge is 2.09. The predicted molar refractivity (Wildman–Crippen MR) is 44.2 cm³/mol. The minimum atomic E-state index is -0.395. The van der Waals surface area contributed by atoms with Gasteiger partial charge < -0.3 is 8.53 Å². The van der Waals surface area contributed by atoms with E-state index in [1.807, 2.05) is 0 Å². The molecule has 1 rings (SSSR count). The fraction of sp³-hybridized carbons (Fsp3) is 0.125. The van der Waals surface area contributed by atoms with Crippen LogP contribution in [0.4, 0.5) is 0 Å². The first-order valence-corrected chi connectivity index (χ1v) is 3.81. The minimum Gasteiger partial charge on any atom is -0.653 e. The van der Waals surface area contributed by atoms with Crippen molar-refractivity contribution in [3.05, 3.63) is 29.8 Å². The fourth-order valence-corrected chi connectivity index (χ4v) is 1.05. The van der Waals surface area contributed by atoms with Gasteiger partial charge in [0, 0.05) is 0 Å². The van der Waals surface area contributed by atoms with E-state index in [-0.39, 0.29) is 0 Å². The van der Waals surface area contributed by atoms with E-state index < -0.39 is 5.97 Å². The molecule has 60 valence electrons. The Morgan fingerprint density at radius 2 is 2.08 bits per heavy atom. The topological polar surface area (TPSA) is 35.5 Å². The maximum Gasteiger partial charge on any atom is 0.482 e. The summed E-state index contributed by atoms with van der Waals surface area (Å²) >= 11 is 2.09. The molecule has 1 aromatic rings. The number of methoxy groups -OCH3 is 1. The van der Waals surface area contributed by atoms with Gasteiger partial charge >= 0.3 is 22.6 Å². The molecule has 0 N–H and O–H groups in total. The Balaban J connectivity index is 3.04. The Bertz CT molecular complexity index is 285. The molecule has 0 aliphatic heterocycles. The lowest BCUT2D eigenvalue weighted by atomic mass is 10.2. The Hall–Kier alpha value is -0.978. The molecule has 0 fully saturated rings. The van der Waals surface area contributed by atoms with E-state index in [2.05, 4.69) is 21.4 Å². The van der Waals surface area contributed by atoms with Crippen LogP contribution < -0.4 is 3.79 Å². The summed E-state index contributed by atoms with van der Waals surface area (Å²) in [7, 11) is 1.34. The zero-order valence-corrected chi connectivity index (χ0v) is 7.77. The lowest BCUT2D eigenvalue weighted by Crippen LogP contribution is -2.03. The maximum atomic E-state index is 11.1. The van der Waals surface area contributed by atoms with Gasteiger partial charge in [-0.2, -0.15) is 0 Å². The van der Waals surface area contributed by atoms with Gasteiger partial charge in [-0.1, -0.05) is 12.1 Å². The van der Waals surface area contributed by atoms with Crippen LogP contribution in [-0.4, -0.2) is 29.7 Å². The van der Waals surface area contributed by atoms with Crippen molar-refractivity contribution in [1.29, 1.82) is 0 Å². The first-order valence-electron chi connectivity index (χ1n) is 3.33. The maximum absolute atomic E-state index is 11.1. The van der Waals surface area contributed by atoms with Crippen LogP contribution in [0.15, 0.2) is 24.3 Å². The van der Waals surface area contributed by atoms with E-state index in [1.54, 1.807) is 24.3 Å². The third-order valence-corrected chi connectivity index (χ3v) is 1.67. The van der Waals surface area contributed by atoms with Gasteiger partial charge in [-0.05, 0) is 12.1 Å². The fourth-order valence-electron chi connectivity index (χ4n) is 0.848. The van der Waals surface area contributed by atoms with Gasteiger partial charge in [0.05, 0.1) is 18.4 Å². The van der Waals surface area contributed by atoms with Crippen molar-refractivity contribution >= 4 is 22.6 Å². The van der Waals surface area contributed by atoms with Crippen LogP contribution >= 0.6 is 0 Å². The number of para-hydroxylation sites is 1. The van der Waals surface area contributed by atoms with E-state index in [0.29, 0.717) is 11.3 Å². The Morgan fingerprint density at radius 3 is 2.67 bits per heavy atom. The minimum absolute atomic E-state index is 0.395. The van der Waals surface area contributed by atoms with Crippen LogP contribution in [0, 0.1) is 0 Å². The van der Waals surface area contributed by atoms with Crippen LogP contribution in [0.3, 0.4) is 0 Å². The van der Waals surface area contributed by atoms with Crippen molar-refractivity contribution < 1.29 is 13.3 Å². The molecule has 0 atom stereocenters. The molecule has 0 unspecified atom stereocenters. The quantitative estimate of drug-likeness (QED) is 0.499. The van der Waals surface area contributed by atoms with Crippen LogP contribution in [0.25, 0.3) is 0 Å². The summed E-state index contributed by atoms with van der Waals surface area (Å²) in [5.74, 6) is 0.0994. The van der Waals surface area contributed by atoms with E-state index in [4.69, 9.17) is 3.79 Å². The number of benzene rings is 1. The molecule has 2 radical (unpaired) electrons. The van der Waals surface area contributed by atoms with Gasteiger partial charge in [0.2, 0.25) is 0 Å². The Labute approximate surface area is 79.0 Å². The SMILES string of the molecule is COC(=O)c1ccccc1[O][Al]. The van der Waals surface area contributed by atoms with Crippen molar-refractivity contribution in [1.82, 2.24) is 0 Å². The number of carbonyl (C=O) groups excluding carboxylic acids is 1. The molecule has 0 aliphatic carbocycles. The predicted octanol–water partition coefficient (Wildman–Crippen LogP) is 0.935. The summed E-state index contributed by atoms with van der Waals surface area (Å²) in [6.07, 6.45) is 0. The lowest BCUT2D eigenvalue weighted by Gasteiger charge is -2.07. The van der Waals surface area contributed by atoms with Gasteiger partial charge in [0.25, 0.3) is 0 Å². The smallest absolute Gasteiger partial charge is 0.482 e. The Kier molecular flexibility index (Phi) is 3.15. The molecule has 0 heterocycles. The normalized spacial score (nSPS) is 9.08. The van der Waals surface area contributed by atoms with Gasteiger partial charge in [-0.15, -0.1) is 0 Å². The van der Waals surface area contributed by atoms with Crippen molar-refractivity contribution in [2.24, 2.45) is 0 Å². The average molecular weight is 178 g/mol. The number of hydrogen-bond donors (Lipinski definition) is 0. The van der Waals surface area contributed by atoms with E-state index in [0.717, 1.165) is 0 Å². The average Bonchev–Trinajstić information content (AvgIpc) is 2.16. The summed E-state index contributed by atoms with van der Waals surface area (Å²) in [6, 6.07) is 6.87. The number of carbonyl (C=O) groups is 1. The van der Waals surface area contributed by atoms with E-state index in [1.165, 1.54) is 7.11 Å². The van der Waals surface area contributed by atoms with Gasteiger partial charge in [0.15, 0.2) is 0 Å². The lowest BCUT2D eigenvalue weighted by molar-refractivity contribution is 0.0599. The molecule has 0 spiro atoms. The van der Waals surface area contributed by atoms with Crippen molar-refractivity contribution in [3.63, 3.8) is 0 Å². The summed E-state index contributed by atoms with van der Waals surface area (Å²) < 4.78 is 9.43. The zero-order chi connectivity index (χ0) is 8.97. The summed E-state index contributed by atoms with van der Waals surface area (Å²) in [6.45, 7) is 0.